The van der Waals surface area contributed by atoms with E-state index in [0.29, 0.717) is 23.4 Å². The van der Waals surface area contributed by atoms with Crippen molar-refractivity contribution in [3.8, 4) is 0 Å². The van der Waals surface area contributed by atoms with Gasteiger partial charge in [-0.15, -0.1) is 0 Å². The molecular formula is C17H26N5O3P. The Morgan fingerprint density at radius 3 is 2.88 bits per heavy atom. The predicted molar refractivity (Wildman–Crippen MR) is 102 cm³/mol. The van der Waals surface area contributed by atoms with Crippen LogP contribution in [0.3, 0.4) is 0 Å². The lowest BCUT2D eigenvalue weighted by molar-refractivity contribution is 0.0590. The van der Waals surface area contributed by atoms with Gasteiger partial charge in [0.15, 0.2) is 0 Å². The van der Waals surface area contributed by atoms with E-state index in [1.807, 2.05) is 13.3 Å². The summed E-state index contributed by atoms with van der Waals surface area (Å²) >= 11 is 0. The van der Waals surface area contributed by atoms with E-state index in [0.717, 1.165) is 31.3 Å². The van der Waals surface area contributed by atoms with Crippen LogP contribution in [0.15, 0.2) is 12.4 Å². The molecule has 2 aromatic rings. The van der Waals surface area contributed by atoms with E-state index in [-0.39, 0.29) is 6.04 Å². The summed E-state index contributed by atoms with van der Waals surface area (Å²) in [6.07, 6.45) is 4.21. The zero-order valence-corrected chi connectivity index (χ0v) is 16.6. The fraction of sp³-hybridized carbons (Fsp3) is 0.588. The normalized spacial score (nSPS) is 18.8. The molecule has 0 spiro atoms. The van der Waals surface area contributed by atoms with Crippen LogP contribution in [0.25, 0.3) is 11.0 Å². The van der Waals surface area contributed by atoms with Crippen LogP contribution in [0.2, 0.25) is 0 Å². The smallest absolute Gasteiger partial charge is 0.354 e. The molecule has 1 saturated heterocycles. The Morgan fingerprint density at radius 2 is 2.19 bits per heavy atom. The quantitative estimate of drug-likeness (QED) is 0.629. The molecule has 1 atom stereocenters. The molecule has 3 heterocycles. The van der Waals surface area contributed by atoms with Gasteiger partial charge in [-0.05, 0) is 38.8 Å². The van der Waals surface area contributed by atoms with Gasteiger partial charge in [0.05, 0.1) is 25.9 Å². The molecular weight excluding hydrogens is 353 g/mol. The second-order valence-electron chi connectivity index (χ2n) is 7.32. The van der Waals surface area contributed by atoms with Gasteiger partial charge in [0.2, 0.25) is 0 Å². The highest BCUT2D eigenvalue weighted by Crippen LogP contribution is 2.37. The average molecular weight is 379 g/mol. The summed E-state index contributed by atoms with van der Waals surface area (Å²) in [5, 5.41) is 4.28. The van der Waals surface area contributed by atoms with Crippen LogP contribution in [0.5, 0.6) is 0 Å². The van der Waals surface area contributed by atoms with Crippen molar-refractivity contribution < 1.29 is 14.1 Å². The van der Waals surface area contributed by atoms with Gasteiger partial charge in [0.25, 0.3) is 0 Å². The first-order valence-electron chi connectivity index (χ1n) is 8.70. The van der Waals surface area contributed by atoms with Crippen LogP contribution in [-0.4, -0.2) is 71.3 Å². The van der Waals surface area contributed by atoms with Gasteiger partial charge in [-0.1, -0.05) is 0 Å². The Kier molecular flexibility index (Phi) is 5.34. The maximum Gasteiger partial charge on any atom is 0.354 e. The van der Waals surface area contributed by atoms with Crippen molar-refractivity contribution in [2.45, 2.75) is 18.9 Å². The van der Waals surface area contributed by atoms with Gasteiger partial charge in [-0.3, -0.25) is 4.90 Å². The highest BCUT2D eigenvalue weighted by Gasteiger charge is 2.24. The van der Waals surface area contributed by atoms with E-state index in [2.05, 4.69) is 20.2 Å². The van der Waals surface area contributed by atoms with Crippen LogP contribution in [-0.2, 0) is 16.3 Å². The number of hydrogen-bond acceptors (Lipinski definition) is 7. The highest BCUT2D eigenvalue weighted by atomic mass is 31.2. The largest absolute Gasteiger partial charge is 0.464 e. The molecule has 0 bridgehead atoms. The molecule has 1 N–H and O–H groups in total. The van der Waals surface area contributed by atoms with Crippen LogP contribution in [0.1, 0.15) is 23.3 Å². The molecule has 1 aliphatic rings. The van der Waals surface area contributed by atoms with Crippen LogP contribution in [0.4, 0.5) is 5.82 Å². The summed E-state index contributed by atoms with van der Waals surface area (Å²) in [5.74, 6) is 0.311. The SMILES string of the molecule is COC(=O)c1cc2c(NC3CCCN(CP(C)(C)=O)C3)ncnc2n1C. The number of carbonyl (C=O) groups excluding carboxylic acids is 1. The number of fused-ring (bicyclic) bond motifs is 1. The summed E-state index contributed by atoms with van der Waals surface area (Å²) in [7, 11) is 1.07. The molecule has 1 aliphatic heterocycles. The van der Waals surface area contributed by atoms with Gasteiger partial charge in [0.1, 0.15) is 23.5 Å². The molecule has 9 heteroatoms. The number of carbonyl (C=O) groups is 1. The summed E-state index contributed by atoms with van der Waals surface area (Å²) in [6, 6.07) is 1.98. The number of anilines is 1. The van der Waals surface area contributed by atoms with Crippen molar-refractivity contribution in [2.75, 3.05) is 45.1 Å². The number of nitrogens with zero attached hydrogens (tertiary/aromatic N) is 4. The summed E-state index contributed by atoms with van der Waals surface area (Å²) in [6.45, 7) is 5.46. The maximum absolute atomic E-state index is 12.1. The third-order valence-electron chi connectivity index (χ3n) is 4.60. The molecule has 0 amide bonds. The number of esters is 1. The zero-order valence-electron chi connectivity index (χ0n) is 15.7. The number of aryl methyl sites for hydroxylation is 1. The summed E-state index contributed by atoms with van der Waals surface area (Å²) < 4.78 is 18.7. The fourth-order valence-corrected chi connectivity index (χ4v) is 4.75. The van der Waals surface area contributed by atoms with E-state index >= 15 is 0 Å². The van der Waals surface area contributed by atoms with Crippen LogP contribution < -0.4 is 5.32 Å². The molecule has 2 aromatic heterocycles. The zero-order chi connectivity index (χ0) is 18.9. The van der Waals surface area contributed by atoms with E-state index in [9.17, 15) is 9.36 Å². The number of rotatable bonds is 5. The molecule has 0 saturated carbocycles. The maximum atomic E-state index is 12.1. The first-order valence-corrected chi connectivity index (χ1v) is 11.5. The van der Waals surface area contributed by atoms with Gasteiger partial charge in [0, 0.05) is 19.6 Å². The minimum atomic E-state index is -2.08. The third kappa shape index (κ3) is 4.07. The van der Waals surface area contributed by atoms with Crippen molar-refractivity contribution >= 4 is 30.0 Å². The number of ether oxygens (including phenoxy) is 1. The van der Waals surface area contributed by atoms with Crippen LogP contribution >= 0.6 is 7.14 Å². The molecule has 0 aliphatic carbocycles. The monoisotopic (exact) mass is 379 g/mol. The Balaban J connectivity index is 1.82. The number of nitrogens with one attached hydrogen (secondary N) is 1. The second-order valence-corrected chi connectivity index (χ2v) is 10.7. The standard InChI is InChI=1S/C17H26N5O3P/c1-21-14(17(23)25-2)8-13-15(18-10-19-16(13)21)20-12-6-5-7-22(9-12)11-26(3,4)24/h8,10,12H,5-7,9,11H2,1-4H3,(H,18,19,20). The average Bonchev–Trinajstić information content (AvgIpc) is 2.91. The summed E-state index contributed by atoms with van der Waals surface area (Å²) in [4.78, 5) is 22.9. The minimum absolute atomic E-state index is 0.218. The van der Waals surface area contributed by atoms with Crippen molar-refractivity contribution in [1.82, 2.24) is 19.4 Å². The van der Waals surface area contributed by atoms with E-state index in [1.54, 1.807) is 17.7 Å². The number of likely N-dealkylation sites (tertiary alicyclic amines) is 1. The first-order chi connectivity index (χ1) is 12.3. The lowest BCUT2D eigenvalue weighted by Gasteiger charge is -2.34. The molecule has 1 fully saturated rings. The lowest BCUT2D eigenvalue weighted by atomic mass is 10.1. The Morgan fingerprint density at radius 1 is 1.42 bits per heavy atom. The lowest BCUT2D eigenvalue weighted by Crippen LogP contribution is -2.42. The van der Waals surface area contributed by atoms with E-state index in [4.69, 9.17) is 4.74 Å². The van der Waals surface area contributed by atoms with Gasteiger partial charge in [-0.25, -0.2) is 14.8 Å². The van der Waals surface area contributed by atoms with Crippen molar-refractivity contribution in [3.05, 3.63) is 18.1 Å². The van der Waals surface area contributed by atoms with Crippen molar-refractivity contribution in [1.29, 1.82) is 0 Å². The molecule has 26 heavy (non-hydrogen) atoms. The van der Waals surface area contributed by atoms with Gasteiger partial charge >= 0.3 is 5.97 Å². The van der Waals surface area contributed by atoms with Gasteiger partial charge in [-0.2, -0.15) is 0 Å². The molecule has 142 valence electrons. The predicted octanol–water partition coefficient (Wildman–Crippen LogP) is 2.21. The van der Waals surface area contributed by atoms with Gasteiger partial charge < -0.3 is 19.2 Å². The first kappa shape index (κ1) is 18.9. The number of aromatic nitrogens is 3. The fourth-order valence-electron chi connectivity index (χ4n) is 3.53. The number of methoxy groups -OCH3 is 1. The van der Waals surface area contributed by atoms with Crippen molar-refractivity contribution in [2.24, 2.45) is 7.05 Å². The Bertz CT molecular complexity index is 859. The Hall–Kier alpha value is -1.92. The van der Waals surface area contributed by atoms with Crippen molar-refractivity contribution in [3.63, 3.8) is 0 Å². The summed E-state index contributed by atoms with van der Waals surface area (Å²) in [5.41, 5.74) is 1.12. The van der Waals surface area contributed by atoms with Crippen LogP contribution in [0, 0.1) is 0 Å². The highest BCUT2D eigenvalue weighted by molar-refractivity contribution is 7.62. The number of hydrogen-bond donors (Lipinski definition) is 1. The molecule has 1 unspecified atom stereocenters. The van der Waals surface area contributed by atoms with E-state index in [1.165, 1.54) is 13.4 Å². The topological polar surface area (TPSA) is 89.3 Å². The third-order valence-corrected chi connectivity index (χ3v) is 5.69. The molecule has 3 rings (SSSR count). The van der Waals surface area contributed by atoms with E-state index < -0.39 is 13.1 Å². The second kappa shape index (κ2) is 7.37. The molecule has 0 radical (unpaired) electrons. The molecule has 8 nitrogen and oxygen atoms in total. The Labute approximate surface area is 153 Å². The minimum Gasteiger partial charge on any atom is -0.464 e. The number of piperidine rings is 1. The molecule has 0 aromatic carbocycles.